The van der Waals surface area contributed by atoms with Crippen LogP contribution < -0.4 is 20.4 Å². The third-order valence-electron chi connectivity index (χ3n) is 12.7. The lowest BCUT2D eigenvalue weighted by atomic mass is 9.79. The van der Waals surface area contributed by atoms with Crippen molar-refractivity contribution >= 4 is 58.3 Å². The molecule has 6 aliphatic rings. The lowest BCUT2D eigenvalue weighted by Gasteiger charge is -2.49. The van der Waals surface area contributed by atoms with Gasteiger partial charge in [0.15, 0.2) is 11.6 Å². The Labute approximate surface area is 345 Å². The molecular formula is C45H52N10O4. The Balaban J connectivity index is 0.000000152. The summed E-state index contributed by atoms with van der Waals surface area (Å²) in [6.45, 7) is 16.0. The Morgan fingerprint density at radius 3 is 1.64 bits per heavy atom. The number of amides is 6. The highest BCUT2D eigenvalue weighted by atomic mass is 16.2. The number of aromatic nitrogens is 2. The van der Waals surface area contributed by atoms with Crippen molar-refractivity contribution in [1.29, 1.82) is 0 Å². The van der Waals surface area contributed by atoms with Crippen LogP contribution in [0.1, 0.15) is 65.8 Å². The number of anilines is 6. The Morgan fingerprint density at radius 1 is 0.627 bits per heavy atom. The second-order valence-corrected chi connectivity index (χ2v) is 17.2. The fourth-order valence-electron chi connectivity index (χ4n) is 9.89. The molecule has 0 unspecified atom stereocenters. The highest BCUT2D eigenvalue weighted by molar-refractivity contribution is 6.18. The van der Waals surface area contributed by atoms with Crippen LogP contribution in [0.15, 0.2) is 79.1 Å². The summed E-state index contributed by atoms with van der Waals surface area (Å²) in [6.07, 6.45) is 7.90. The van der Waals surface area contributed by atoms with Gasteiger partial charge in [0, 0.05) is 62.5 Å². The number of nitrogens with zero attached hydrogens (tertiary/aromatic N) is 8. The summed E-state index contributed by atoms with van der Waals surface area (Å²) in [5.74, 6) is 0.495. The number of urea groups is 2. The molecule has 14 nitrogen and oxygen atoms in total. The topological polar surface area (TPSA) is 138 Å². The molecule has 59 heavy (non-hydrogen) atoms. The number of carbonyl (C=O) groups is 4. The van der Waals surface area contributed by atoms with Crippen molar-refractivity contribution in [3.63, 3.8) is 0 Å². The molecule has 306 valence electrons. The summed E-state index contributed by atoms with van der Waals surface area (Å²) in [5, 5.41) is 5.80. The van der Waals surface area contributed by atoms with Crippen molar-refractivity contribution in [3.05, 3.63) is 95.8 Å². The Bertz CT molecular complexity index is 2300. The molecule has 6 amide bonds. The van der Waals surface area contributed by atoms with E-state index in [1.807, 2.05) is 53.1 Å². The fourth-order valence-corrected chi connectivity index (χ4v) is 9.89. The van der Waals surface area contributed by atoms with E-state index in [1.165, 1.54) is 0 Å². The minimum atomic E-state index is -0.226. The van der Waals surface area contributed by atoms with Crippen molar-refractivity contribution in [1.82, 2.24) is 29.6 Å². The minimum Gasteiger partial charge on any atom is -0.323 e. The quantitative estimate of drug-likeness (QED) is 0.226. The Morgan fingerprint density at radius 2 is 1.12 bits per heavy atom. The Kier molecular flexibility index (Phi) is 10.1. The lowest BCUT2D eigenvalue weighted by Crippen LogP contribution is -2.62. The zero-order chi connectivity index (χ0) is 40.9. The summed E-state index contributed by atoms with van der Waals surface area (Å²) >= 11 is 0. The first-order valence-electron chi connectivity index (χ1n) is 20.9. The highest BCUT2D eigenvalue weighted by Gasteiger charge is 2.52. The van der Waals surface area contributed by atoms with Crippen LogP contribution in [0.5, 0.6) is 0 Å². The number of aryl methyl sites for hydroxylation is 1. The smallest absolute Gasteiger partial charge is 0.323 e. The second kappa shape index (κ2) is 15.4. The summed E-state index contributed by atoms with van der Waals surface area (Å²) in [6, 6.07) is 19.7. The number of fused-ring (bicyclic) bond motifs is 4. The number of pyridine rings is 2. The number of para-hydroxylation sites is 1. The number of likely N-dealkylation sites (tertiary alicyclic amines) is 4. The number of hydrogen-bond donors (Lipinski definition) is 2. The van der Waals surface area contributed by atoms with E-state index in [2.05, 4.69) is 44.2 Å². The van der Waals surface area contributed by atoms with Gasteiger partial charge in [0.2, 0.25) is 0 Å². The first kappa shape index (κ1) is 38.6. The Hall–Kier alpha value is -5.86. The van der Waals surface area contributed by atoms with E-state index in [0.717, 1.165) is 96.7 Å². The van der Waals surface area contributed by atoms with Gasteiger partial charge in [0.1, 0.15) is 0 Å². The molecule has 4 fully saturated rings. The molecule has 8 heterocycles. The summed E-state index contributed by atoms with van der Waals surface area (Å²) in [7, 11) is 0. The van der Waals surface area contributed by atoms with Gasteiger partial charge in [0.25, 0.3) is 11.8 Å². The third-order valence-corrected chi connectivity index (χ3v) is 12.7. The molecule has 2 N–H and O–H groups in total. The predicted molar refractivity (Wildman–Crippen MR) is 228 cm³/mol. The van der Waals surface area contributed by atoms with E-state index in [1.54, 1.807) is 52.5 Å². The predicted octanol–water partition coefficient (Wildman–Crippen LogP) is 6.95. The van der Waals surface area contributed by atoms with E-state index in [-0.39, 0.29) is 34.7 Å². The minimum absolute atomic E-state index is 0.115. The monoisotopic (exact) mass is 796 g/mol. The number of nitrogens with one attached hydrogen (secondary N) is 2. The molecule has 10 rings (SSSR count). The third kappa shape index (κ3) is 7.07. The largest absolute Gasteiger partial charge is 0.330 e. The molecule has 6 aliphatic heterocycles. The number of hydrogen-bond acceptors (Lipinski definition) is 8. The van der Waals surface area contributed by atoms with Gasteiger partial charge in [-0.15, -0.1) is 0 Å². The van der Waals surface area contributed by atoms with Crippen molar-refractivity contribution in [2.45, 2.75) is 46.5 Å². The molecule has 0 saturated carbocycles. The van der Waals surface area contributed by atoms with Gasteiger partial charge in [-0.3, -0.25) is 9.59 Å². The zero-order valence-electron chi connectivity index (χ0n) is 34.1. The maximum atomic E-state index is 13.7. The number of benzene rings is 2. The molecule has 0 radical (unpaired) electrons. The standard InChI is InChI=1S/C23H27N5O2.C22H25N5O2/c1-3-10-26-11-8-23(13-26)14-27(15-23)22(30)28-19-7-6-16(2)12-17(19)21(29)25-18-5-4-9-24-20(18)28;1-2-11-25-12-9-22(13-25)14-26(15-22)21(29)27-18-8-4-3-6-16(18)20(28)24-17-7-5-10-23-19(17)27/h4-7,9,12H,3,8,10-11,13-15H2,1-2H3,(H,25,29);3-8,10H,2,9,11-15H2,1H3,(H,24,28). The number of rotatable bonds is 4. The van der Waals surface area contributed by atoms with Crippen LogP contribution in [0.2, 0.25) is 0 Å². The average molecular weight is 797 g/mol. The molecule has 14 heteroatoms. The molecule has 2 aromatic carbocycles. The first-order chi connectivity index (χ1) is 28.6. The maximum Gasteiger partial charge on any atom is 0.330 e. The number of carbonyl (C=O) groups excluding carboxylic acids is 4. The van der Waals surface area contributed by atoms with Gasteiger partial charge in [0.05, 0.1) is 33.9 Å². The fraction of sp³-hybridized carbons (Fsp3) is 0.422. The van der Waals surface area contributed by atoms with E-state index >= 15 is 0 Å². The van der Waals surface area contributed by atoms with Gasteiger partial charge in [-0.25, -0.2) is 29.4 Å². The molecule has 4 saturated heterocycles. The molecule has 0 aliphatic carbocycles. The maximum absolute atomic E-state index is 13.7. The van der Waals surface area contributed by atoms with Crippen molar-refractivity contribution < 1.29 is 19.2 Å². The van der Waals surface area contributed by atoms with Crippen LogP contribution in [0.3, 0.4) is 0 Å². The van der Waals surface area contributed by atoms with Crippen LogP contribution in [0.25, 0.3) is 0 Å². The van der Waals surface area contributed by atoms with E-state index in [4.69, 9.17) is 0 Å². The average Bonchev–Trinajstić information content (AvgIpc) is 3.78. The van der Waals surface area contributed by atoms with Gasteiger partial charge < -0.3 is 30.2 Å². The van der Waals surface area contributed by atoms with Crippen molar-refractivity contribution in [2.75, 3.05) is 85.9 Å². The summed E-state index contributed by atoms with van der Waals surface area (Å²) < 4.78 is 0. The summed E-state index contributed by atoms with van der Waals surface area (Å²) in [4.78, 5) is 73.7. The van der Waals surface area contributed by atoms with Crippen LogP contribution in [-0.2, 0) is 0 Å². The first-order valence-corrected chi connectivity index (χ1v) is 20.9. The van der Waals surface area contributed by atoms with Gasteiger partial charge in [-0.05, 0) is 107 Å². The van der Waals surface area contributed by atoms with Gasteiger partial charge in [-0.1, -0.05) is 37.6 Å². The van der Waals surface area contributed by atoms with E-state index < -0.39 is 0 Å². The van der Waals surface area contributed by atoms with Gasteiger partial charge in [-0.2, -0.15) is 0 Å². The zero-order valence-corrected chi connectivity index (χ0v) is 34.1. The highest BCUT2D eigenvalue weighted by Crippen LogP contribution is 2.45. The van der Waals surface area contributed by atoms with E-state index in [0.29, 0.717) is 45.5 Å². The normalized spacial score (nSPS) is 19.8. The van der Waals surface area contributed by atoms with Crippen molar-refractivity contribution in [2.24, 2.45) is 10.8 Å². The van der Waals surface area contributed by atoms with Crippen LogP contribution in [-0.4, -0.2) is 119 Å². The second-order valence-electron chi connectivity index (χ2n) is 17.2. The molecule has 0 bridgehead atoms. The molecule has 4 aromatic rings. The molecule has 2 aromatic heterocycles. The molecule has 2 spiro atoms. The molecular weight excluding hydrogens is 745 g/mol. The van der Waals surface area contributed by atoms with Gasteiger partial charge >= 0.3 is 12.1 Å². The van der Waals surface area contributed by atoms with E-state index in [9.17, 15) is 19.2 Å². The van der Waals surface area contributed by atoms with Crippen LogP contribution in [0.4, 0.5) is 44.0 Å². The SMILES string of the molecule is CCCN1CCC2(C1)CN(C(=O)N1c3ccc(C)cc3C(=O)Nc3cccnc31)C2.CCCN1CCC2(C1)CN(C(=O)N1c3ccccc3C(=O)Nc3cccnc31)C2. The molecule has 0 atom stereocenters. The lowest BCUT2D eigenvalue weighted by molar-refractivity contribution is 0.0424. The van der Waals surface area contributed by atoms with Crippen molar-refractivity contribution in [3.8, 4) is 0 Å². The van der Waals surface area contributed by atoms with Crippen LogP contribution in [0, 0.1) is 17.8 Å². The van der Waals surface area contributed by atoms with Crippen LogP contribution >= 0.6 is 0 Å². The summed E-state index contributed by atoms with van der Waals surface area (Å²) in [5.41, 5.74) is 4.64.